The van der Waals surface area contributed by atoms with Crippen LogP contribution in [0.1, 0.15) is 41.1 Å². The molecule has 1 aliphatic carbocycles. The van der Waals surface area contributed by atoms with Crippen LogP contribution in [0.3, 0.4) is 0 Å². The lowest BCUT2D eigenvalue weighted by atomic mass is 9.95. The summed E-state index contributed by atoms with van der Waals surface area (Å²) in [4.78, 5) is 9.12. The summed E-state index contributed by atoms with van der Waals surface area (Å²) in [6, 6.07) is 10.2. The predicted octanol–water partition coefficient (Wildman–Crippen LogP) is 3.15. The Bertz CT molecular complexity index is 700. The number of aromatic nitrogens is 2. The van der Waals surface area contributed by atoms with Gasteiger partial charge in [-0.3, -0.25) is 4.98 Å². The number of nitrogens with zero attached hydrogens (tertiary/aromatic N) is 3. The Morgan fingerprint density at radius 3 is 2.90 bits per heavy atom. The molecule has 0 aromatic carbocycles. The van der Waals surface area contributed by atoms with Gasteiger partial charge in [-0.1, -0.05) is 6.07 Å². The van der Waals surface area contributed by atoms with Gasteiger partial charge in [0.1, 0.15) is 11.9 Å². The predicted molar refractivity (Wildman–Crippen MR) is 81.9 cm³/mol. The molecule has 0 amide bonds. The Balaban J connectivity index is 1.83. The first kappa shape index (κ1) is 13.6. The first-order valence-electron chi connectivity index (χ1n) is 7.35. The highest BCUT2D eigenvalue weighted by Gasteiger charge is 2.15. The minimum Gasteiger partial charge on any atom is -0.363 e. The molecule has 2 aromatic rings. The van der Waals surface area contributed by atoms with Gasteiger partial charge in [0.25, 0.3) is 0 Å². The van der Waals surface area contributed by atoms with Gasteiger partial charge in [0.2, 0.25) is 0 Å². The second-order valence-electron chi connectivity index (χ2n) is 5.43. The SMILES string of the molecule is Cc1cccc(CNc2nc3c(cc2C#N)CCCC3)n1. The van der Waals surface area contributed by atoms with Crippen molar-refractivity contribution in [3.63, 3.8) is 0 Å². The van der Waals surface area contributed by atoms with Crippen molar-refractivity contribution in [2.24, 2.45) is 0 Å². The molecular formula is C17H18N4. The van der Waals surface area contributed by atoms with E-state index >= 15 is 0 Å². The molecule has 2 aromatic heterocycles. The van der Waals surface area contributed by atoms with E-state index in [9.17, 15) is 5.26 Å². The minimum atomic E-state index is 0.585. The van der Waals surface area contributed by atoms with Crippen LogP contribution in [0, 0.1) is 18.3 Å². The molecule has 0 bridgehead atoms. The van der Waals surface area contributed by atoms with Gasteiger partial charge in [-0.2, -0.15) is 5.26 Å². The van der Waals surface area contributed by atoms with Gasteiger partial charge in [0.15, 0.2) is 0 Å². The molecule has 0 aliphatic heterocycles. The van der Waals surface area contributed by atoms with E-state index in [0.717, 1.165) is 29.9 Å². The molecule has 0 fully saturated rings. The number of nitrogens with one attached hydrogen (secondary N) is 1. The van der Waals surface area contributed by atoms with Crippen LogP contribution < -0.4 is 5.32 Å². The summed E-state index contributed by atoms with van der Waals surface area (Å²) < 4.78 is 0. The molecule has 0 atom stereocenters. The van der Waals surface area contributed by atoms with Gasteiger partial charge in [-0.25, -0.2) is 4.98 Å². The smallest absolute Gasteiger partial charge is 0.144 e. The Labute approximate surface area is 124 Å². The zero-order valence-electron chi connectivity index (χ0n) is 12.2. The van der Waals surface area contributed by atoms with Gasteiger partial charge < -0.3 is 5.32 Å². The van der Waals surface area contributed by atoms with E-state index in [1.165, 1.54) is 18.4 Å². The standard InChI is InChI=1S/C17H18N4/c1-12-5-4-7-15(20-12)11-19-17-14(10-18)9-13-6-2-3-8-16(13)21-17/h4-5,7,9H,2-3,6,8,11H2,1H3,(H,19,21). The fourth-order valence-electron chi connectivity index (χ4n) is 2.73. The number of anilines is 1. The van der Waals surface area contributed by atoms with Crippen LogP contribution in [0.15, 0.2) is 24.3 Å². The van der Waals surface area contributed by atoms with Gasteiger partial charge in [-0.05, 0) is 56.4 Å². The fourth-order valence-corrected chi connectivity index (χ4v) is 2.73. The van der Waals surface area contributed by atoms with Gasteiger partial charge in [-0.15, -0.1) is 0 Å². The van der Waals surface area contributed by atoms with Crippen LogP contribution >= 0.6 is 0 Å². The second kappa shape index (κ2) is 5.92. The van der Waals surface area contributed by atoms with Crippen LogP contribution in [0.25, 0.3) is 0 Å². The fraction of sp³-hybridized carbons (Fsp3) is 0.353. The molecule has 2 heterocycles. The molecule has 21 heavy (non-hydrogen) atoms. The first-order chi connectivity index (χ1) is 10.3. The van der Waals surface area contributed by atoms with E-state index in [1.54, 1.807) is 0 Å². The summed E-state index contributed by atoms with van der Waals surface area (Å²) in [5, 5.41) is 12.6. The minimum absolute atomic E-state index is 0.585. The van der Waals surface area contributed by atoms with Gasteiger partial charge in [0.05, 0.1) is 17.8 Å². The highest BCUT2D eigenvalue weighted by molar-refractivity contribution is 5.54. The third kappa shape index (κ3) is 3.03. The van der Waals surface area contributed by atoms with Crippen molar-refractivity contribution in [2.75, 3.05) is 5.32 Å². The maximum absolute atomic E-state index is 9.32. The second-order valence-corrected chi connectivity index (χ2v) is 5.43. The maximum atomic E-state index is 9.32. The third-order valence-corrected chi connectivity index (χ3v) is 3.80. The number of nitriles is 1. The molecule has 4 nitrogen and oxygen atoms in total. The van der Waals surface area contributed by atoms with Crippen LogP contribution in [-0.2, 0) is 19.4 Å². The van der Waals surface area contributed by atoms with E-state index in [2.05, 4.69) is 21.4 Å². The van der Waals surface area contributed by atoms with Crippen molar-refractivity contribution in [3.8, 4) is 6.07 Å². The molecule has 0 saturated heterocycles. The zero-order chi connectivity index (χ0) is 14.7. The average molecular weight is 278 g/mol. The first-order valence-corrected chi connectivity index (χ1v) is 7.35. The third-order valence-electron chi connectivity index (χ3n) is 3.80. The van der Waals surface area contributed by atoms with Crippen LogP contribution in [-0.4, -0.2) is 9.97 Å². The molecular weight excluding hydrogens is 260 g/mol. The lowest BCUT2D eigenvalue weighted by Crippen LogP contribution is -2.11. The summed E-state index contributed by atoms with van der Waals surface area (Å²) in [5.41, 5.74) is 4.95. The normalized spacial score (nSPS) is 13.3. The van der Waals surface area contributed by atoms with Crippen LogP contribution in [0.2, 0.25) is 0 Å². The topological polar surface area (TPSA) is 61.6 Å². The van der Waals surface area contributed by atoms with E-state index in [4.69, 9.17) is 0 Å². The van der Waals surface area contributed by atoms with E-state index in [0.29, 0.717) is 17.9 Å². The average Bonchev–Trinajstić information content (AvgIpc) is 2.52. The largest absolute Gasteiger partial charge is 0.363 e. The Kier molecular flexibility index (Phi) is 3.83. The number of hydrogen-bond acceptors (Lipinski definition) is 4. The molecule has 0 radical (unpaired) electrons. The Morgan fingerprint density at radius 2 is 2.10 bits per heavy atom. The summed E-state index contributed by atoms with van der Waals surface area (Å²) in [5.74, 6) is 0.682. The molecule has 4 heteroatoms. The number of aryl methyl sites for hydroxylation is 3. The highest BCUT2D eigenvalue weighted by atomic mass is 15.0. The summed E-state index contributed by atoms with van der Waals surface area (Å²) in [6.07, 6.45) is 4.43. The van der Waals surface area contributed by atoms with E-state index in [-0.39, 0.29) is 0 Å². The number of pyridine rings is 2. The van der Waals surface area contributed by atoms with Crippen molar-refractivity contribution in [1.29, 1.82) is 5.26 Å². The molecule has 0 unspecified atom stereocenters. The highest BCUT2D eigenvalue weighted by Crippen LogP contribution is 2.24. The van der Waals surface area contributed by atoms with Crippen LogP contribution in [0.5, 0.6) is 0 Å². The molecule has 0 saturated carbocycles. The molecule has 0 spiro atoms. The number of hydrogen-bond donors (Lipinski definition) is 1. The van der Waals surface area contributed by atoms with Crippen molar-refractivity contribution in [1.82, 2.24) is 9.97 Å². The lowest BCUT2D eigenvalue weighted by Gasteiger charge is -2.17. The summed E-state index contributed by atoms with van der Waals surface area (Å²) >= 11 is 0. The summed E-state index contributed by atoms with van der Waals surface area (Å²) in [7, 11) is 0. The Hall–Kier alpha value is -2.41. The Morgan fingerprint density at radius 1 is 1.24 bits per heavy atom. The molecule has 1 aliphatic rings. The van der Waals surface area contributed by atoms with Crippen molar-refractivity contribution in [2.45, 2.75) is 39.2 Å². The van der Waals surface area contributed by atoms with E-state index in [1.807, 2.05) is 31.2 Å². The molecule has 3 rings (SSSR count). The van der Waals surface area contributed by atoms with Gasteiger partial charge in [0, 0.05) is 11.4 Å². The maximum Gasteiger partial charge on any atom is 0.144 e. The summed E-state index contributed by atoms with van der Waals surface area (Å²) in [6.45, 7) is 2.56. The monoisotopic (exact) mass is 278 g/mol. The lowest BCUT2D eigenvalue weighted by molar-refractivity contribution is 0.668. The van der Waals surface area contributed by atoms with Crippen molar-refractivity contribution < 1.29 is 0 Å². The van der Waals surface area contributed by atoms with Crippen molar-refractivity contribution in [3.05, 3.63) is 52.5 Å². The van der Waals surface area contributed by atoms with Crippen LogP contribution in [0.4, 0.5) is 5.82 Å². The van der Waals surface area contributed by atoms with Gasteiger partial charge >= 0.3 is 0 Å². The van der Waals surface area contributed by atoms with Crippen molar-refractivity contribution >= 4 is 5.82 Å². The quantitative estimate of drug-likeness (QED) is 0.937. The zero-order valence-corrected chi connectivity index (χ0v) is 12.2. The van der Waals surface area contributed by atoms with E-state index < -0.39 is 0 Å². The molecule has 106 valence electrons. The number of fused-ring (bicyclic) bond motifs is 1. The number of rotatable bonds is 3. The molecule has 1 N–H and O–H groups in total.